The van der Waals surface area contributed by atoms with Gasteiger partial charge in [0.25, 0.3) is 0 Å². The topological polar surface area (TPSA) is 92.1 Å². The maximum Gasteiger partial charge on any atom is 0.353 e. The summed E-state index contributed by atoms with van der Waals surface area (Å²) >= 11 is 1.37. The Morgan fingerprint density at radius 3 is 2.45 bits per heavy atom. The predicted octanol–water partition coefficient (Wildman–Crippen LogP) is 5.18. The van der Waals surface area contributed by atoms with Crippen molar-refractivity contribution in [2.45, 2.75) is 20.0 Å². The molecular formula is C24H21N3O3S. The maximum absolute atomic E-state index is 12.8. The molecule has 31 heavy (non-hydrogen) atoms. The van der Waals surface area contributed by atoms with Crippen LogP contribution in [0.25, 0.3) is 21.0 Å². The van der Waals surface area contributed by atoms with E-state index in [1.54, 1.807) is 6.92 Å². The first-order valence-electron chi connectivity index (χ1n) is 9.95. The number of benzene rings is 3. The van der Waals surface area contributed by atoms with E-state index in [-0.39, 0.29) is 12.3 Å². The molecule has 0 aliphatic rings. The molecule has 0 fully saturated rings. The average molecular weight is 432 g/mol. The van der Waals surface area contributed by atoms with Crippen molar-refractivity contribution in [3.63, 3.8) is 0 Å². The molecule has 0 aliphatic carbocycles. The molecule has 0 spiro atoms. The van der Waals surface area contributed by atoms with Crippen LogP contribution in [-0.2, 0) is 20.9 Å². The number of nitrogens with one attached hydrogen (secondary N) is 2. The van der Waals surface area contributed by atoms with E-state index in [1.165, 1.54) is 11.3 Å². The summed E-state index contributed by atoms with van der Waals surface area (Å²) in [6.07, 6.45) is 0.305. The highest BCUT2D eigenvalue weighted by molar-refractivity contribution is 7.22. The lowest BCUT2D eigenvalue weighted by molar-refractivity contribution is -0.137. The van der Waals surface area contributed by atoms with Gasteiger partial charge in [0, 0.05) is 0 Å². The van der Waals surface area contributed by atoms with Crippen LogP contribution in [0.2, 0.25) is 0 Å². The van der Waals surface area contributed by atoms with Gasteiger partial charge in [-0.25, -0.2) is 9.78 Å². The zero-order valence-corrected chi connectivity index (χ0v) is 17.7. The third-order valence-corrected chi connectivity index (χ3v) is 5.93. The van der Waals surface area contributed by atoms with Crippen LogP contribution in [0.4, 0.5) is 5.13 Å². The van der Waals surface area contributed by atoms with Crippen LogP contribution < -0.4 is 5.32 Å². The van der Waals surface area contributed by atoms with E-state index in [9.17, 15) is 9.59 Å². The second-order valence-electron chi connectivity index (χ2n) is 7.11. The number of hydrogen-bond donors (Lipinski definition) is 2. The van der Waals surface area contributed by atoms with Crippen molar-refractivity contribution in [1.82, 2.24) is 4.98 Å². The van der Waals surface area contributed by atoms with Crippen LogP contribution in [-0.4, -0.2) is 22.6 Å². The van der Waals surface area contributed by atoms with Gasteiger partial charge in [0.1, 0.15) is 12.3 Å². The Morgan fingerprint density at radius 2 is 1.74 bits per heavy atom. The van der Waals surface area contributed by atoms with E-state index in [0.717, 1.165) is 26.6 Å². The molecule has 7 heteroatoms. The molecule has 0 aliphatic heterocycles. The minimum atomic E-state index is -0.908. The average Bonchev–Trinajstić information content (AvgIpc) is 3.17. The number of aromatic nitrogens is 1. The summed E-state index contributed by atoms with van der Waals surface area (Å²) in [5, 5.41) is 13.6. The molecule has 4 aromatic rings. The molecule has 1 heterocycles. The van der Waals surface area contributed by atoms with Crippen molar-refractivity contribution >= 4 is 55.0 Å². The first-order chi connectivity index (χ1) is 15.0. The van der Waals surface area contributed by atoms with Crippen molar-refractivity contribution in [1.29, 1.82) is 5.41 Å². The number of carbonyl (C=O) groups is 2. The predicted molar refractivity (Wildman–Crippen MR) is 124 cm³/mol. The number of thiazole rings is 1. The second kappa shape index (κ2) is 9.06. The van der Waals surface area contributed by atoms with Gasteiger partial charge in [0.15, 0.2) is 5.13 Å². The van der Waals surface area contributed by atoms with Crippen LogP contribution in [0.1, 0.15) is 18.9 Å². The molecular weight excluding hydrogens is 410 g/mol. The number of nitrogens with zero attached hydrogens (tertiary/aromatic N) is 1. The summed E-state index contributed by atoms with van der Waals surface area (Å²) in [5.74, 6) is -2.14. The minimum Gasteiger partial charge on any atom is -0.456 e. The van der Waals surface area contributed by atoms with E-state index < -0.39 is 17.8 Å². The van der Waals surface area contributed by atoms with E-state index >= 15 is 0 Å². The zero-order chi connectivity index (χ0) is 21.8. The fraction of sp³-hybridized carbons (Fsp3) is 0.167. The van der Waals surface area contributed by atoms with E-state index in [4.69, 9.17) is 10.1 Å². The number of ether oxygens (including phenoxy) is 1. The SMILES string of the molecule is CCC(C(=N)C(=O)OCc1ccccc1)C(=O)Nc1nc2cc3ccccc3cc2s1. The molecule has 0 bridgehead atoms. The van der Waals surface area contributed by atoms with Crippen molar-refractivity contribution < 1.29 is 14.3 Å². The molecule has 0 saturated heterocycles. The van der Waals surface area contributed by atoms with Gasteiger partial charge in [0.05, 0.1) is 16.1 Å². The van der Waals surface area contributed by atoms with Crippen molar-refractivity contribution in [3.05, 3.63) is 72.3 Å². The van der Waals surface area contributed by atoms with Gasteiger partial charge >= 0.3 is 5.97 Å². The summed E-state index contributed by atoms with van der Waals surface area (Å²) in [7, 11) is 0. The van der Waals surface area contributed by atoms with Crippen LogP contribution in [0.15, 0.2) is 66.7 Å². The van der Waals surface area contributed by atoms with Gasteiger partial charge in [0.2, 0.25) is 5.91 Å². The van der Waals surface area contributed by atoms with Crippen molar-refractivity contribution in [2.75, 3.05) is 5.32 Å². The lowest BCUT2D eigenvalue weighted by Crippen LogP contribution is -2.34. The Morgan fingerprint density at radius 1 is 1.06 bits per heavy atom. The number of esters is 1. The van der Waals surface area contributed by atoms with Gasteiger partial charge in [-0.2, -0.15) is 0 Å². The van der Waals surface area contributed by atoms with Crippen molar-refractivity contribution in [3.8, 4) is 0 Å². The standard InChI is InChI=1S/C24H21N3O3S/c1-2-18(21(25)23(29)30-14-15-8-4-3-5-9-15)22(28)27-24-26-19-12-16-10-6-7-11-17(16)13-20(19)31-24/h3-13,18,25H,2,14H2,1H3,(H,26,27,28). The van der Waals surface area contributed by atoms with E-state index in [1.807, 2.05) is 66.7 Å². The summed E-state index contributed by atoms with van der Waals surface area (Å²) in [4.78, 5) is 29.6. The Kier molecular flexibility index (Phi) is 6.04. The normalized spacial score (nSPS) is 11.9. The largest absolute Gasteiger partial charge is 0.456 e. The summed E-state index contributed by atoms with van der Waals surface area (Å²) in [5.41, 5.74) is 1.26. The molecule has 1 unspecified atom stereocenters. The van der Waals surface area contributed by atoms with Crippen LogP contribution >= 0.6 is 11.3 Å². The van der Waals surface area contributed by atoms with Crippen LogP contribution in [0.5, 0.6) is 0 Å². The third-order valence-electron chi connectivity index (χ3n) is 4.99. The van der Waals surface area contributed by atoms with Gasteiger partial charge in [-0.05, 0) is 34.9 Å². The number of anilines is 1. The molecule has 3 aromatic carbocycles. The van der Waals surface area contributed by atoms with Crippen LogP contribution in [0, 0.1) is 11.3 Å². The van der Waals surface area contributed by atoms with Gasteiger partial charge < -0.3 is 10.1 Å². The number of hydrogen-bond acceptors (Lipinski definition) is 6. The Bertz CT molecular complexity index is 1210. The van der Waals surface area contributed by atoms with Gasteiger partial charge in [-0.1, -0.05) is 72.9 Å². The van der Waals surface area contributed by atoms with Gasteiger partial charge in [-0.15, -0.1) is 0 Å². The highest BCUT2D eigenvalue weighted by Crippen LogP contribution is 2.30. The molecule has 0 radical (unpaired) electrons. The number of carbonyl (C=O) groups excluding carboxylic acids is 2. The second-order valence-corrected chi connectivity index (χ2v) is 8.14. The molecule has 6 nitrogen and oxygen atoms in total. The first-order valence-corrected chi connectivity index (χ1v) is 10.8. The summed E-state index contributed by atoms with van der Waals surface area (Å²) < 4.78 is 6.17. The van der Waals surface area contributed by atoms with Gasteiger partial charge in [-0.3, -0.25) is 10.2 Å². The number of fused-ring (bicyclic) bond motifs is 2. The highest BCUT2D eigenvalue weighted by atomic mass is 32.1. The molecule has 156 valence electrons. The first kappa shape index (κ1) is 20.7. The summed E-state index contributed by atoms with van der Waals surface area (Å²) in [6.45, 7) is 1.82. The monoisotopic (exact) mass is 431 g/mol. The lowest BCUT2D eigenvalue weighted by Gasteiger charge is -2.14. The van der Waals surface area contributed by atoms with Crippen LogP contribution in [0.3, 0.4) is 0 Å². The fourth-order valence-corrected chi connectivity index (χ4v) is 4.22. The maximum atomic E-state index is 12.8. The Labute approximate surface area is 183 Å². The van der Waals surface area contributed by atoms with E-state index in [0.29, 0.717) is 11.6 Å². The smallest absolute Gasteiger partial charge is 0.353 e. The fourth-order valence-electron chi connectivity index (χ4n) is 3.32. The molecule has 1 aromatic heterocycles. The number of amides is 1. The lowest BCUT2D eigenvalue weighted by atomic mass is 9.99. The third kappa shape index (κ3) is 4.62. The zero-order valence-electron chi connectivity index (χ0n) is 16.9. The molecule has 0 saturated carbocycles. The molecule has 1 atom stereocenters. The Hall–Kier alpha value is -3.58. The summed E-state index contributed by atoms with van der Waals surface area (Å²) in [6, 6.07) is 21.2. The molecule has 2 N–H and O–H groups in total. The van der Waals surface area contributed by atoms with E-state index in [2.05, 4.69) is 10.3 Å². The Balaban J connectivity index is 1.44. The number of rotatable bonds is 7. The minimum absolute atomic E-state index is 0.0610. The van der Waals surface area contributed by atoms with Crippen molar-refractivity contribution in [2.24, 2.45) is 5.92 Å². The molecule has 1 amide bonds. The molecule has 4 rings (SSSR count). The quantitative estimate of drug-likeness (QED) is 0.312. The highest BCUT2D eigenvalue weighted by Gasteiger charge is 2.28.